The Hall–Kier alpha value is -0.470. The smallest absolute Gasteiger partial charge is 0.126 e. The van der Waals surface area contributed by atoms with Gasteiger partial charge in [0.1, 0.15) is 5.82 Å². The standard InChI is InChI=1S/C13H16Cl2FN/c1-8(5-9-3-2-4-9)17-13-11(14)6-10(16)7-12(13)15/h6-9,17H,2-5H2,1H3. The van der Waals surface area contributed by atoms with Gasteiger partial charge in [-0.15, -0.1) is 0 Å². The summed E-state index contributed by atoms with van der Waals surface area (Å²) in [6.07, 6.45) is 5.09. The number of hydrogen-bond donors (Lipinski definition) is 1. The Morgan fingerprint density at radius 2 is 1.94 bits per heavy atom. The van der Waals surface area contributed by atoms with Crippen molar-refractivity contribution < 1.29 is 4.39 Å². The van der Waals surface area contributed by atoms with E-state index in [0.29, 0.717) is 21.8 Å². The summed E-state index contributed by atoms with van der Waals surface area (Å²) in [5.74, 6) is 0.410. The first-order valence-corrected chi connectivity index (χ1v) is 6.73. The zero-order valence-corrected chi connectivity index (χ0v) is 11.3. The fraction of sp³-hybridized carbons (Fsp3) is 0.538. The molecule has 0 bridgehead atoms. The average Bonchev–Trinajstić information content (AvgIpc) is 2.17. The summed E-state index contributed by atoms with van der Waals surface area (Å²) in [6, 6.07) is 2.87. The molecule has 1 aromatic rings. The highest BCUT2D eigenvalue weighted by Crippen LogP contribution is 2.34. The molecule has 0 heterocycles. The van der Waals surface area contributed by atoms with E-state index in [2.05, 4.69) is 12.2 Å². The highest BCUT2D eigenvalue weighted by atomic mass is 35.5. The Bertz CT molecular complexity index is 381. The molecule has 2 rings (SSSR count). The van der Waals surface area contributed by atoms with Crippen LogP contribution < -0.4 is 5.32 Å². The number of nitrogens with one attached hydrogen (secondary N) is 1. The monoisotopic (exact) mass is 275 g/mol. The predicted molar refractivity (Wildman–Crippen MR) is 71.5 cm³/mol. The molecule has 1 fully saturated rings. The van der Waals surface area contributed by atoms with Crippen LogP contribution in [-0.4, -0.2) is 6.04 Å². The molecule has 0 radical (unpaired) electrons. The van der Waals surface area contributed by atoms with Crippen LogP contribution in [-0.2, 0) is 0 Å². The zero-order valence-electron chi connectivity index (χ0n) is 9.77. The minimum atomic E-state index is -0.405. The lowest BCUT2D eigenvalue weighted by Crippen LogP contribution is -2.23. The van der Waals surface area contributed by atoms with E-state index in [0.717, 1.165) is 12.3 Å². The lowest BCUT2D eigenvalue weighted by atomic mass is 9.81. The van der Waals surface area contributed by atoms with E-state index in [1.54, 1.807) is 0 Å². The molecule has 1 atom stereocenters. The second kappa shape index (κ2) is 5.45. The lowest BCUT2D eigenvalue weighted by molar-refractivity contribution is 0.286. The average molecular weight is 276 g/mol. The van der Waals surface area contributed by atoms with Gasteiger partial charge >= 0.3 is 0 Å². The van der Waals surface area contributed by atoms with Crippen molar-refractivity contribution in [3.63, 3.8) is 0 Å². The van der Waals surface area contributed by atoms with Crippen LogP contribution in [0.1, 0.15) is 32.6 Å². The number of anilines is 1. The molecule has 0 saturated heterocycles. The molecule has 0 spiro atoms. The molecule has 17 heavy (non-hydrogen) atoms. The molecule has 0 amide bonds. The van der Waals surface area contributed by atoms with Gasteiger partial charge in [-0.05, 0) is 31.4 Å². The van der Waals surface area contributed by atoms with E-state index in [1.165, 1.54) is 31.4 Å². The predicted octanol–water partition coefficient (Wildman–Crippen LogP) is 5.12. The Balaban J connectivity index is 2.01. The summed E-state index contributed by atoms with van der Waals surface area (Å²) >= 11 is 12.0. The summed E-state index contributed by atoms with van der Waals surface area (Å²) in [5.41, 5.74) is 0.640. The van der Waals surface area contributed by atoms with Crippen molar-refractivity contribution in [1.82, 2.24) is 0 Å². The third-order valence-electron chi connectivity index (χ3n) is 3.31. The second-order valence-electron chi connectivity index (χ2n) is 4.82. The SMILES string of the molecule is CC(CC1CCC1)Nc1c(Cl)cc(F)cc1Cl. The van der Waals surface area contributed by atoms with Crippen LogP contribution in [0.4, 0.5) is 10.1 Å². The fourth-order valence-electron chi connectivity index (χ4n) is 2.21. The van der Waals surface area contributed by atoms with Crippen molar-refractivity contribution in [3.05, 3.63) is 28.0 Å². The molecule has 1 aliphatic rings. The van der Waals surface area contributed by atoms with Crippen LogP contribution in [0.15, 0.2) is 12.1 Å². The largest absolute Gasteiger partial charge is 0.380 e. The number of hydrogen-bond acceptors (Lipinski definition) is 1. The van der Waals surface area contributed by atoms with Crippen molar-refractivity contribution >= 4 is 28.9 Å². The summed E-state index contributed by atoms with van der Waals surface area (Å²) < 4.78 is 13.0. The van der Waals surface area contributed by atoms with Gasteiger partial charge in [0.25, 0.3) is 0 Å². The molecule has 4 heteroatoms. The molecule has 1 aromatic carbocycles. The van der Waals surface area contributed by atoms with E-state index in [1.807, 2.05) is 0 Å². The first-order chi connectivity index (χ1) is 8.06. The van der Waals surface area contributed by atoms with Crippen LogP contribution in [0.25, 0.3) is 0 Å². The van der Waals surface area contributed by atoms with Crippen LogP contribution >= 0.6 is 23.2 Å². The van der Waals surface area contributed by atoms with Gasteiger partial charge in [0.05, 0.1) is 15.7 Å². The van der Waals surface area contributed by atoms with Gasteiger partial charge in [-0.2, -0.15) is 0 Å². The van der Waals surface area contributed by atoms with Gasteiger partial charge in [0, 0.05) is 6.04 Å². The molecule has 94 valence electrons. The highest BCUT2D eigenvalue weighted by molar-refractivity contribution is 6.39. The van der Waals surface area contributed by atoms with Crippen LogP contribution in [0.3, 0.4) is 0 Å². The second-order valence-corrected chi connectivity index (χ2v) is 5.64. The Labute approximate surface area is 111 Å². The van der Waals surface area contributed by atoms with Gasteiger partial charge in [0.2, 0.25) is 0 Å². The normalized spacial score (nSPS) is 17.6. The molecule has 1 N–H and O–H groups in total. The first-order valence-electron chi connectivity index (χ1n) is 5.97. The Morgan fingerprint density at radius 1 is 1.35 bits per heavy atom. The third kappa shape index (κ3) is 3.26. The quantitative estimate of drug-likeness (QED) is 0.804. The van der Waals surface area contributed by atoms with Gasteiger partial charge < -0.3 is 5.32 Å². The Morgan fingerprint density at radius 3 is 2.41 bits per heavy atom. The van der Waals surface area contributed by atoms with Crippen molar-refractivity contribution in [2.75, 3.05) is 5.32 Å². The molecule has 0 aliphatic heterocycles. The van der Waals surface area contributed by atoms with E-state index in [9.17, 15) is 4.39 Å². The maximum absolute atomic E-state index is 13.0. The summed E-state index contributed by atoms with van der Waals surface area (Å²) in [6.45, 7) is 2.11. The van der Waals surface area contributed by atoms with Crippen molar-refractivity contribution in [3.8, 4) is 0 Å². The van der Waals surface area contributed by atoms with Crippen LogP contribution in [0.2, 0.25) is 10.0 Å². The molecule has 1 saturated carbocycles. The van der Waals surface area contributed by atoms with Crippen LogP contribution in [0, 0.1) is 11.7 Å². The number of rotatable bonds is 4. The van der Waals surface area contributed by atoms with Crippen LogP contribution in [0.5, 0.6) is 0 Å². The number of halogens is 3. The minimum absolute atomic E-state index is 0.306. The van der Waals surface area contributed by atoms with E-state index >= 15 is 0 Å². The molecule has 1 nitrogen and oxygen atoms in total. The summed E-state index contributed by atoms with van der Waals surface area (Å²) in [5, 5.41) is 3.96. The maximum Gasteiger partial charge on any atom is 0.126 e. The van der Waals surface area contributed by atoms with Crippen molar-refractivity contribution in [2.45, 2.75) is 38.6 Å². The first kappa shape index (κ1) is 13.0. The van der Waals surface area contributed by atoms with Crippen molar-refractivity contribution in [1.29, 1.82) is 0 Å². The molecule has 1 aliphatic carbocycles. The maximum atomic E-state index is 13.0. The van der Waals surface area contributed by atoms with Crippen molar-refractivity contribution in [2.24, 2.45) is 5.92 Å². The minimum Gasteiger partial charge on any atom is -0.380 e. The highest BCUT2D eigenvalue weighted by Gasteiger charge is 2.20. The van der Waals surface area contributed by atoms with Gasteiger partial charge in [-0.3, -0.25) is 0 Å². The summed E-state index contributed by atoms with van der Waals surface area (Å²) in [7, 11) is 0. The molecular formula is C13H16Cl2FN. The summed E-state index contributed by atoms with van der Waals surface area (Å²) in [4.78, 5) is 0. The van der Waals surface area contributed by atoms with E-state index in [-0.39, 0.29) is 0 Å². The molecular weight excluding hydrogens is 260 g/mol. The third-order valence-corrected chi connectivity index (χ3v) is 3.91. The van der Waals surface area contributed by atoms with Gasteiger partial charge in [-0.25, -0.2) is 4.39 Å². The van der Waals surface area contributed by atoms with Gasteiger partial charge in [0.15, 0.2) is 0 Å². The van der Waals surface area contributed by atoms with E-state index in [4.69, 9.17) is 23.2 Å². The van der Waals surface area contributed by atoms with E-state index < -0.39 is 5.82 Å². The number of benzene rings is 1. The van der Waals surface area contributed by atoms with Gasteiger partial charge in [-0.1, -0.05) is 42.5 Å². The fourth-order valence-corrected chi connectivity index (χ4v) is 2.78. The lowest BCUT2D eigenvalue weighted by Gasteiger charge is -2.29. The zero-order chi connectivity index (χ0) is 12.4. The Kier molecular flexibility index (Phi) is 4.16. The molecule has 1 unspecified atom stereocenters. The molecule has 0 aromatic heterocycles. The topological polar surface area (TPSA) is 12.0 Å².